The highest BCUT2D eigenvalue weighted by Crippen LogP contribution is 2.40. The number of hydrogen-bond acceptors (Lipinski definition) is 4. The van der Waals surface area contributed by atoms with Crippen molar-refractivity contribution in [3.05, 3.63) is 23.7 Å². The van der Waals surface area contributed by atoms with Crippen molar-refractivity contribution < 1.29 is 19.1 Å². The summed E-state index contributed by atoms with van der Waals surface area (Å²) in [6.07, 6.45) is 2.10. The van der Waals surface area contributed by atoms with Gasteiger partial charge in [-0.2, -0.15) is 0 Å². The van der Waals surface area contributed by atoms with E-state index in [0.29, 0.717) is 18.6 Å². The Balaban J connectivity index is 1.94. The Morgan fingerprint density at radius 2 is 2.17 bits per heavy atom. The van der Waals surface area contributed by atoms with Crippen LogP contribution in [0.3, 0.4) is 0 Å². The Morgan fingerprint density at radius 3 is 2.61 bits per heavy atom. The molecule has 18 heavy (non-hydrogen) atoms. The van der Waals surface area contributed by atoms with Crippen LogP contribution in [-0.4, -0.2) is 23.5 Å². The predicted octanol–water partition coefficient (Wildman–Crippen LogP) is 0.723. The number of rotatable bonds is 5. The predicted molar refractivity (Wildman–Crippen MR) is 62.9 cm³/mol. The zero-order valence-corrected chi connectivity index (χ0v) is 9.94. The summed E-state index contributed by atoms with van der Waals surface area (Å²) in [5.41, 5.74) is 4.58. The lowest BCUT2D eigenvalue weighted by atomic mass is 9.69. The molecule has 6 nitrogen and oxygen atoms in total. The zero-order valence-electron chi connectivity index (χ0n) is 9.94. The maximum Gasteiger partial charge on any atom is 0.311 e. The van der Waals surface area contributed by atoms with Crippen LogP contribution in [0.1, 0.15) is 35.6 Å². The Morgan fingerprint density at radius 1 is 1.44 bits per heavy atom. The number of furan rings is 1. The highest BCUT2D eigenvalue weighted by Gasteiger charge is 2.44. The van der Waals surface area contributed by atoms with E-state index < -0.39 is 17.3 Å². The van der Waals surface area contributed by atoms with Crippen LogP contribution in [0.4, 0.5) is 0 Å². The first kappa shape index (κ1) is 12.6. The molecule has 0 unspecified atom stereocenters. The van der Waals surface area contributed by atoms with Gasteiger partial charge < -0.3 is 20.6 Å². The van der Waals surface area contributed by atoms with Crippen LogP contribution >= 0.6 is 0 Å². The van der Waals surface area contributed by atoms with Gasteiger partial charge in [-0.15, -0.1) is 0 Å². The maximum atomic E-state index is 11.7. The quantitative estimate of drug-likeness (QED) is 0.716. The van der Waals surface area contributed by atoms with E-state index in [9.17, 15) is 9.59 Å². The second-order valence-electron chi connectivity index (χ2n) is 4.59. The minimum Gasteiger partial charge on any atom is -0.481 e. The third-order valence-corrected chi connectivity index (χ3v) is 3.44. The van der Waals surface area contributed by atoms with Crippen molar-refractivity contribution in [2.75, 3.05) is 6.54 Å². The molecular weight excluding hydrogens is 236 g/mol. The van der Waals surface area contributed by atoms with E-state index in [-0.39, 0.29) is 18.8 Å². The topological polar surface area (TPSA) is 106 Å². The van der Waals surface area contributed by atoms with Gasteiger partial charge in [0, 0.05) is 6.54 Å². The summed E-state index contributed by atoms with van der Waals surface area (Å²) in [4.78, 5) is 22.9. The first-order valence-corrected chi connectivity index (χ1v) is 5.88. The smallest absolute Gasteiger partial charge is 0.311 e. The zero-order chi connectivity index (χ0) is 13.2. The molecule has 1 aliphatic carbocycles. The lowest BCUT2D eigenvalue weighted by molar-refractivity contribution is -0.153. The summed E-state index contributed by atoms with van der Waals surface area (Å²) < 4.78 is 5.19. The SMILES string of the molecule is NCc1ccc(C(=O)NCC2(C(=O)O)CCC2)o1. The van der Waals surface area contributed by atoms with Crippen molar-refractivity contribution in [3.63, 3.8) is 0 Å². The fourth-order valence-corrected chi connectivity index (χ4v) is 2.02. The van der Waals surface area contributed by atoms with E-state index in [1.165, 1.54) is 6.07 Å². The Hall–Kier alpha value is -1.82. The number of carbonyl (C=O) groups excluding carboxylic acids is 1. The van der Waals surface area contributed by atoms with Gasteiger partial charge in [-0.3, -0.25) is 9.59 Å². The van der Waals surface area contributed by atoms with Gasteiger partial charge >= 0.3 is 5.97 Å². The number of aliphatic carboxylic acids is 1. The minimum absolute atomic E-state index is 0.139. The summed E-state index contributed by atoms with van der Waals surface area (Å²) >= 11 is 0. The molecule has 0 spiro atoms. The number of nitrogens with one attached hydrogen (secondary N) is 1. The third kappa shape index (κ3) is 2.24. The molecule has 6 heteroatoms. The van der Waals surface area contributed by atoms with E-state index in [0.717, 1.165) is 6.42 Å². The fraction of sp³-hybridized carbons (Fsp3) is 0.500. The van der Waals surface area contributed by atoms with Gasteiger partial charge in [0.1, 0.15) is 5.76 Å². The minimum atomic E-state index is -0.851. The van der Waals surface area contributed by atoms with Crippen molar-refractivity contribution in [1.82, 2.24) is 5.32 Å². The molecule has 0 aromatic carbocycles. The first-order valence-electron chi connectivity index (χ1n) is 5.88. The molecule has 1 aromatic heterocycles. The molecular formula is C12H16N2O4. The first-order chi connectivity index (χ1) is 8.57. The van der Waals surface area contributed by atoms with E-state index in [1.807, 2.05) is 0 Å². The summed E-state index contributed by atoms with van der Waals surface area (Å²) in [6, 6.07) is 3.16. The van der Waals surface area contributed by atoms with Crippen molar-refractivity contribution in [2.45, 2.75) is 25.8 Å². The van der Waals surface area contributed by atoms with E-state index in [2.05, 4.69) is 5.32 Å². The Bertz CT molecular complexity index is 462. The molecule has 0 radical (unpaired) electrons. The van der Waals surface area contributed by atoms with Gasteiger partial charge in [0.25, 0.3) is 5.91 Å². The molecule has 1 saturated carbocycles. The second-order valence-corrected chi connectivity index (χ2v) is 4.59. The van der Waals surface area contributed by atoms with Gasteiger partial charge in [-0.05, 0) is 25.0 Å². The van der Waals surface area contributed by atoms with Crippen molar-refractivity contribution in [1.29, 1.82) is 0 Å². The van der Waals surface area contributed by atoms with Gasteiger partial charge in [0.05, 0.1) is 12.0 Å². The highest BCUT2D eigenvalue weighted by molar-refractivity contribution is 5.92. The van der Waals surface area contributed by atoms with E-state index in [1.54, 1.807) is 6.07 Å². The molecule has 98 valence electrons. The van der Waals surface area contributed by atoms with Crippen LogP contribution < -0.4 is 11.1 Å². The molecule has 4 N–H and O–H groups in total. The van der Waals surface area contributed by atoms with Gasteiger partial charge in [0.2, 0.25) is 0 Å². The van der Waals surface area contributed by atoms with E-state index in [4.69, 9.17) is 15.3 Å². The monoisotopic (exact) mass is 252 g/mol. The molecule has 2 rings (SSSR count). The maximum absolute atomic E-state index is 11.7. The third-order valence-electron chi connectivity index (χ3n) is 3.44. The Labute approximate surface area is 104 Å². The Kier molecular flexibility index (Phi) is 3.38. The van der Waals surface area contributed by atoms with Crippen LogP contribution in [0.5, 0.6) is 0 Å². The summed E-state index contributed by atoms with van der Waals surface area (Å²) in [5, 5.41) is 11.7. The number of carboxylic acids is 1. The average molecular weight is 252 g/mol. The van der Waals surface area contributed by atoms with Crippen LogP contribution in [0.25, 0.3) is 0 Å². The molecule has 1 aromatic rings. The van der Waals surface area contributed by atoms with Gasteiger partial charge in [0.15, 0.2) is 5.76 Å². The molecule has 1 aliphatic rings. The molecule has 0 saturated heterocycles. The van der Waals surface area contributed by atoms with Crippen LogP contribution in [-0.2, 0) is 11.3 Å². The fourth-order valence-electron chi connectivity index (χ4n) is 2.02. The van der Waals surface area contributed by atoms with Gasteiger partial charge in [-0.1, -0.05) is 6.42 Å². The number of carboxylic acid groups (broad SMARTS) is 1. The molecule has 0 atom stereocenters. The average Bonchev–Trinajstić information content (AvgIpc) is 2.75. The summed E-state index contributed by atoms with van der Waals surface area (Å²) in [5.74, 6) is -0.564. The summed E-state index contributed by atoms with van der Waals surface area (Å²) in [7, 11) is 0. The van der Waals surface area contributed by atoms with Crippen molar-refractivity contribution >= 4 is 11.9 Å². The molecule has 0 bridgehead atoms. The molecule has 0 aliphatic heterocycles. The number of nitrogens with two attached hydrogens (primary N) is 1. The highest BCUT2D eigenvalue weighted by atomic mass is 16.4. The normalized spacial score (nSPS) is 16.9. The van der Waals surface area contributed by atoms with Crippen LogP contribution in [0.2, 0.25) is 0 Å². The number of amides is 1. The standard InChI is InChI=1S/C12H16N2O4/c13-6-8-2-3-9(18-8)10(15)14-7-12(11(16)17)4-1-5-12/h2-3H,1,4-7,13H2,(H,14,15)(H,16,17). The molecule has 1 amide bonds. The number of hydrogen-bond donors (Lipinski definition) is 3. The van der Waals surface area contributed by atoms with Crippen molar-refractivity contribution in [3.8, 4) is 0 Å². The molecule has 1 heterocycles. The molecule has 1 fully saturated rings. The summed E-state index contributed by atoms with van der Waals surface area (Å²) in [6.45, 7) is 0.367. The largest absolute Gasteiger partial charge is 0.481 e. The lowest BCUT2D eigenvalue weighted by Gasteiger charge is -2.37. The van der Waals surface area contributed by atoms with E-state index >= 15 is 0 Å². The van der Waals surface area contributed by atoms with Crippen LogP contribution in [0, 0.1) is 5.41 Å². The lowest BCUT2D eigenvalue weighted by Crippen LogP contribution is -2.47. The number of carbonyl (C=O) groups is 2. The second kappa shape index (κ2) is 4.81. The van der Waals surface area contributed by atoms with Crippen molar-refractivity contribution in [2.24, 2.45) is 11.1 Å². The van der Waals surface area contributed by atoms with Gasteiger partial charge in [-0.25, -0.2) is 0 Å². The van der Waals surface area contributed by atoms with Crippen LogP contribution in [0.15, 0.2) is 16.5 Å².